The molecule has 84 valence electrons. The number of aliphatic carboxylic acids is 1. The van der Waals surface area contributed by atoms with Gasteiger partial charge in [-0.05, 0) is 13.8 Å². The number of carboxylic acids is 1. The van der Waals surface area contributed by atoms with Gasteiger partial charge in [0.1, 0.15) is 0 Å². The lowest BCUT2D eigenvalue weighted by Gasteiger charge is -2.08. The van der Waals surface area contributed by atoms with Gasteiger partial charge in [0.25, 0.3) is 0 Å². The van der Waals surface area contributed by atoms with Gasteiger partial charge in [-0.3, -0.25) is 4.68 Å². The van der Waals surface area contributed by atoms with E-state index in [9.17, 15) is 4.79 Å². The first kappa shape index (κ1) is 12.0. The zero-order valence-electron chi connectivity index (χ0n) is 8.82. The van der Waals surface area contributed by atoms with Crippen molar-refractivity contribution in [3.05, 3.63) is 16.4 Å². The molecule has 0 fully saturated rings. The van der Waals surface area contributed by atoms with Crippen molar-refractivity contribution in [2.24, 2.45) is 7.05 Å². The van der Waals surface area contributed by atoms with E-state index in [-0.39, 0.29) is 6.61 Å². The van der Waals surface area contributed by atoms with Crippen LogP contribution < -0.4 is 0 Å². The predicted molar refractivity (Wildman–Crippen MR) is 54.8 cm³/mol. The summed E-state index contributed by atoms with van der Waals surface area (Å²) in [5.41, 5.74) is 1.39. The predicted octanol–water partition coefficient (Wildman–Crippen LogP) is 1.37. The SMILES string of the molecule is Cc1nn(C)c(CO[C@@H](C)C(=O)O)c1Cl. The minimum atomic E-state index is -0.995. The van der Waals surface area contributed by atoms with E-state index >= 15 is 0 Å². The molecule has 0 aliphatic carbocycles. The van der Waals surface area contributed by atoms with Gasteiger partial charge in [0.2, 0.25) is 0 Å². The van der Waals surface area contributed by atoms with Crippen LogP contribution in [0.3, 0.4) is 0 Å². The molecular formula is C9H13ClN2O3. The molecule has 0 saturated carbocycles. The Hall–Kier alpha value is -1.07. The summed E-state index contributed by atoms with van der Waals surface area (Å²) in [5.74, 6) is -0.995. The summed E-state index contributed by atoms with van der Waals surface area (Å²) in [5, 5.41) is 13.2. The number of carbonyl (C=O) groups is 1. The summed E-state index contributed by atoms with van der Waals surface area (Å²) in [6, 6.07) is 0. The molecule has 0 aliphatic heterocycles. The van der Waals surface area contributed by atoms with Crippen molar-refractivity contribution in [3.8, 4) is 0 Å². The Kier molecular flexibility index (Phi) is 3.71. The molecule has 1 atom stereocenters. The third-order valence-electron chi connectivity index (χ3n) is 2.08. The van der Waals surface area contributed by atoms with Crippen molar-refractivity contribution >= 4 is 17.6 Å². The molecule has 0 amide bonds. The molecule has 0 aromatic carbocycles. The third kappa shape index (κ3) is 2.70. The molecule has 0 radical (unpaired) electrons. The molecule has 0 spiro atoms. The fourth-order valence-corrected chi connectivity index (χ4v) is 1.33. The van der Waals surface area contributed by atoms with E-state index in [1.54, 1.807) is 18.7 Å². The van der Waals surface area contributed by atoms with E-state index in [0.29, 0.717) is 16.4 Å². The molecule has 1 heterocycles. The van der Waals surface area contributed by atoms with Gasteiger partial charge < -0.3 is 9.84 Å². The molecule has 0 unspecified atom stereocenters. The van der Waals surface area contributed by atoms with Gasteiger partial charge in [-0.1, -0.05) is 11.6 Å². The van der Waals surface area contributed by atoms with Crippen LogP contribution >= 0.6 is 11.6 Å². The van der Waals surface area contributed by atoms with E-state index < -0.39 is 12.1 Å². The third-order valence-corrected chi connectivity index (χ3v) is 2.57. The van der Waals surface area contributed by atoms with Crippen LogP contribution in [0.2, 0.25) is 5.02 Å². The zero-order chi connectivity index (χ0) is 11.6. The summed E-state index contributed by atoms with van der Waals surface area (Å²) in [6.45, 7) is 3.40. The Morgan fingerprint density at radius 1 is 1.73 bits per heavy atom. The molecule has 1 N–H and O–H groups in total. The Balaban J connectivity index is 2.69. The Morgan fingerprint density at radius 2 is 2.33 bits per heavy atom. The normalized spacial score (nSPS) is 12.8. The number of aryl methyl sites for hydroxylation is 2. The number of hydrogen-bond acceptors (Lipinski definition) is 3. The number of aromatic nitrogens is 2. The molecular weight excluding hydrogens is 220 g/mol. The van der Waals surface area contributed by atoms with Gasteiger partial charge in [0.05, 0.1) is 23.0 Å². The molecule has 0 aliphatic rings. The van der Waals surface area contributed by atoms with Crippen molar-refractivity contribution in [3.63, 3.8) is 0 Å². The second-order valence-corrected chi connectivity index (χ2v) is 3.64. The maximum absolute atomic E-state index is 10.5. The monoisotopic (exact) mass is 232 g/mol. The van der Waals surface area contributed by atoms with Crippen LogP contribution in [0.4, 0.5) is 0 Å². The van der Waals surface area contributed by atoms with Crippen molar-refractivity contribution in [1.82, 2.24) is 9.78 Å². The zero-order valence-corrected chi connectivity index (χ0v) is 9.58. The van der Waals surface area contributed by atoms with Crippen LogP contribution in [0.15, 0.2) is 0 Å². The van der Waals surface area contributed by atoms with Gasteiger partial charge >= 0.3 is 5.97 Å². The average Bonchev–Trinajstić information content (AvgIpc) is 2.38. The highest BCUT2D eigenvalue weighted by atomic mass is 35.5. The number of carboxylic acid groups (broad SMARTS) is 1. The summed E-state index contributed by atoms with van der Waals surface area (Å²) >= 11 is 5.97. The van der Waals surface area contributed by atoms with Crippen LogP contribution in [-0.2, 0) is 23.2 Å². The molecule has 15 heavy (non-hydrogen) atoms. The van der Waals surface area contributed by atoms with Crippen molar-refractivity contribution in [2.45, 2.75) is 26.6 Å². The lowest BCUT2D eigenvalue weighted by Crippen LogP contribution is -2.20. The minimum absolute atomic E-state index is 0.143. The molecule has 1 rings (SSSR count). The van der Waals surface area contributed by atoms with Crippen LogP contribution in [0.5, 0.6) is 0 Å². The maximum Gasteiger partial charge on any atom is 0.332 e. The van der Waals surface area contributed by atoms with Gasteiger partial charge in [0.15, 0.2) is 6.10 Å². The van der Waals surface area contributed by atoms with E-state index in [0.717, 1.165) is 0 Å². The second kappa shape index (κ2) is 4.63. The topological polar surface area (TPSA) is 64.4 Å². The first-order valence-electron chi connectivity index (χ1n) is 4.46. The van der Waals surface area contributed by atoms with Crippen molar-refractivity contribution in [2.75, 3.05) is 0 Å². The van der Waals surface area contributed by atoms with E-state index in [1.807, 2.05) is 0 Å². The smallest absolute Gasteiger partial charge is 0.332 e. The summed E-state index contributed by atoms with van der Waals surface area (Å²) < 4.78 is 6.71. The van der Waals surface area contributed by atoms with Gasteiger partial charge in [-0.15, -0.1) is 0 Å². The molecule has 5 nitrogen and oxygen atoms in total. The van der Waals surface area contributed by atoms with E-state index in [2.05, 4.69) is 5.10 Å². The molecule has 0 saturated heterocycles. The quantitative estimate of drug-likeness (QED) is 0.852. The first-order valence-corrected chi connectivity index (χ1v) is 4.83. The van der Waals surface area contributed by atoms with Crippen LogP contribution in [0.1, 0.15) is 18.3 Å². The molecule has 1 aromatic rings. The van der Waals surface area contributed by atoms with Crippen LogP contribution in [0.25, 0.3) is 0 Å². The maximum atomic E-state index is 10.5. The lowest BCUT2D eigenvalue weighted by molar-refractivity contribution is -0.150. The highest BCUT2D eigenvalue weighted by molar-refractivity contribution is 6.31. The minimum Gasteiger partial charge on any atom is -0.479 e. The largest absolute Gasteiger partial charge is 0.479 e. The summed E-state index contributed by atoms with van der Waals surface area (Å²) in [4.78, 5) is 10.5. The Labute approximate surface area is 92.6 Å². The Morgan fingerprint density at radius 3 is 2.73 bits per heavy atom. The van der Waals surface area contributed by atoms with E-state index in [1.165, 1.54) is 6.92 Å². The fourth-order valence-electron chi connectivity index (χ4n) is 1.11. The van der Waals surface area contributed by atoms with Crippen molar-refractivity contribution in [1.29, 1.82) is 0 Å². The highest BCUT2D eigenvalue weighted by Crippen LogP contribution is 2.20. The standard InChI is InChI=1S/C9H13ClN2O3/c1-5-8(10)7(12(3)11-5)4-15-6(2)9(13)14/h6H,4H2,1-3H3,(H,13,14)/t6-/m0/s1. The summed E-state index contributed by atoms with van der Waals surface area (Å²) in [7, 11) is 1.74. The molecule has 1 aromatic heterocycles. The number of ether oxygens (including phenoxy) is 1. The van der Waals surface area contributed by atoms with Crippen LogP contribution in [-0.4, -0.2) is 27.0 Å². The molecule has 6 heteroatoms. The van der Waals surface area contributed by atoms with Gasteiger partial charge in [-0.25, -0.2) is 4.79 Å². The highest BCUT2D eigenvalue weighted by Gasteiger charge is 2.15. The first-order chi connectivity index (χ1) is 6.93. The summed E-state index contributed by atoms with van der Waals surface area (Å²) in [6.07, 6.45) is -0.851. The fraction of sp³-hybridized carbons (Fsp3) is 0.556. The van der Waals surface area contributed by atoms with Crippen LogP contribution in [0, 0.1) is 6.92 Å². The number of nitrogens with zero attached hydrogens (tertiary/aromatic N) is 2. The second-order valence-electron chi connectivity index (χ2n) is 3.26. The van der Waals surface area contributed by atoms with Gasteiger partial charge in [-0.2, -0.15) is 5.10 Å². The number of hydrogen-bond donors (Lipinski definition) is 1. The molecule has 0 bridgehead atoms. The van der Waals surface area contributed by atoms with E-state index in [4.69, 9.17) is 21.4 Å². The van der Waals surface area contributed by atoms with Gasteiger partial charge in [0, 0.05) is 7.05 Å². The number of halogens is 1. The lowest BCUT2D eigenvalue weighted by atomic mass is 10.3. The van der Waals surface area contributed by atoms with Crippen molar-refractivity contribution < 1.29 is 14.6 Å². The average molecular weight is 233 g/mol. The number of rotatable bonds is 4. The Bertz CT molecular complexity index is 376.